The summed E-state index contributed by atoms with van der Waals surface area (Å²) in [6, 6.07) is 0. The van der Waals surface area contributed by atoms with Crippen LogP contribution >= 0.6 is 0 Å². The molecule has 0 atom stereocenters. The summed E-state index contributed by atoms with van der Waals surface area (Å²) in [7, 11) is 0. The maximum absolute atomic E-state index is 11.7. The van der Waals surface area contributed by atoms with Gasteiger partial charge in [-0.25, -0.2) is 0 Å². The average Bonchev–Trinajstić information content (AvgIpc) is 2.89. The molecule has 0 unspecified atom stereocenters. The molecule has 0 bridgehead atoms. The predicted octanol–water partition coefficient (Wildman–Crippen LogP) is 9.57. The van der Waals surface area contributed by atoms with Gasteiger partial charge in [0.2, 0.25) is 0 Å². The Morgan fingerprint density at radius 2 is 0.711 bits per heavy atom. The Balaban J connectivity index is 0. The largest absolute Gasteiger partial charge is 0.481 e. The number of carboxylic acids is 1. The fraction of sp³-hybridized carbons (Fsp3) is 0.906. The number of esters is 2. The Morgan fingerprint density at radius 3 is 1.08 bits per heavy atom. The van der Waals surface area contributed by atoms with Gasteiger partial charge in [-0.15, -0.1) is 0 Å². The SMILES string of the molecule is CCCCCC(=O)O.CCCCCCCCOC(=O)CCCCCCCCC(=O)OCCCCCCCC. The van der Waals surface area contributed by atoms with E-state index in [1.165, 1.54) is 64.2 Å². The molecule has 0 aliphatic carbocycles. The van der Waals surface area contributed by atoms with Crippen LogP contribution in [0.4, 0.5) is 0 Å². The molecule has 0 saturated carbocycles. The highest BCUT2D eigenvalue weighted by Gasteiger charge is 2.04. The first-order valence-corrected chi connectivity index (χ1v) is 16.0. The highest BCUT2D eigenvalue weighted by molar-refractivity contribution is 5.69. The molecule has 0 rings (SSSR count). The van der Waals surface area contributed by atoms with E-state index in [2.05, 4.69) is 20.8 Å². The van der Waals surface area contributed by atoms with Gasteiger partial charge in [-0.05, 0) is 32.1 Å². The zero-order chi connectivity index (χ0) is 28.5. The van der Waals surface area contributed by atoms with Gasteiger partial charge in [-0.3, -0.25) is 14.4 Å². The van der Waals surface area contributed by atoms with Crippen molar-refractivity contribution >= 4 is 17.9 Å². The first-order chi connectivity index (χ1) is 18.5. The summed E-state index contributed by atoms with van der Waals surface area (Å²) in [5, 5.41) is 8.14. The maximum Gasteiger partial charge on any atom is 0.305 e. The number of hydrogen-bond donors (Lipinski definition) is 1. The van der Waals surface area contributed by atoms with E-state index in [1.807, 2.05) is 0 Å². The molecule has 0 amide bonds. The standard InChI is InChI=1S/C26H50O4.C6H12O2/c1-3-5-7-9-15-19-23-29-25(27)21-17-13-11-12-14-18-22-26(28)30-24-20-16-10-8-6-4-2;1-2-3-4-5-6(7)8/h3-24H2,1-2H3;2-5H2,1H3,(H,7,8). The minimum absolute atomic E-state index is 0.0448. The van der Waals surface area contributed by atoms with E-state index in [0.717, 1.165) is 70.6 Å². The predicted molar refractivity (Wildman–Crippen MR) is 157 cm³/mol. The first-order valence-electron chi connectivity index (χ1n) is 16.0. The third-order valence-electron chi connectivity index (χ3n) is 6.53. The van der Waals surface area contributed by atoms with Crippen LogP contribution < -0.4 is 0 Å². The van der Waals surface area contributed by atoms with Crippen molar-refractivity contribution < 1.29 is 29.0 Å². The van der Waals surface area contributed by atoms with Crippen molar-refractivity contribution in [1.82, 2.24) is 0 Å². The smallest absolute Gasteiger partial charge is 0.305 e. The highest BCUT2D eigenvalue weighted by Crippen LogP contribution is 2.11. The molecule has 0 aliphatic rings. The van der Waals surface area contributed by atoms with Gasteiger partial charge >= 0.3 is 17.9 Å². The minimum Gasteiger partial charge on any atom is -0.481 e. The molecule has 0 aromatic rings. The minimum atomic E-state index is -0.682. The lowest BCUT2D eigenvalue weighted by atomic mass is 10.1. The van der Waals surface area contributed by atoms with Gasteiger partial charge in [0, 0.05) is 19.3 Å². The molecule has 1 N–H and O–H groups in total. The molecule has 0 fully saturated rings. The van der Waals surface area contributed by atoms with Crippen LogP contribution in [0.5, 0.6) is 0 Å². The summed E-state index contributed by atoms with van der Waals surface area (Å²) >= 11 is 0. The first kappa shape index (κ1) is 38.6. The van der Waals surface area contributed by atoms with Crippen LogP contribution in [-0.2, 0) is 23.9 Å². The molecular weight excluding hydrogens is 480 g/mol. The summed E-state index contributed by atoms with van der Waals surface area (Å²) in [5.41, 5.74) is 0. The Kier molecular flexibility index (Phi) is 33.9. The number of hydrogen-bond acceptors (Lipinski definition) is 5. The number of ether oxygens (including phenoxy) is 2. The molecule has 0 aromatic carbocycles. The lowest BCUT2D eigenvalue weighted by Gasteiger charge is -2.06. The number of carbonyl (C=O) groups is 3. The lowest BCUT2D eigenvalue weighted by Crippen LogP contribution is -2.06. The second-order valence-corrected chi connectivity index (χ2v) is 10.4. The van der Waals surface area contributed by atoms with E-state index in [-0.39, 0.29) is 11.9 Å². The van der Waals surface area contributed by atoms with Crippen molar-refractivity contribution in [1.29, 1.82) is 0 Å². The van der Waals surface area contributed by atoms with Gasteiger partial charge in [-0.2, -0.15) is 0 Å². The Hall–Kier alpha value is -1.59. The van der Waals surface area contributed by atoms with Crippen molar-refractivity contribution in [2.45, 2.75) is 175 Å². The summed E-state index contributed by atoms with van der Waals surface area (Å²) in [6.07, 6.45) is 25.1. The number of aliphatic carboxylic acids is 1. The third kappa shape index (κ3) is 36.6. The van der Waals surface area contributed by atoms with Crippen LogP contribution in [0.15, 0.2) is 0 Å². The van der Waals surface area contributed by atoms with E-state index in [4.69, 9.17) is 14.6 Å². The highest BCUT2D eigenvalue weighted by atomic mass is 16.5. The number of carboxylic acid groups (broad SMARTS) is 1. The van der Waals surface area contributed by atoms with Crippen molar-refractivity contribution in [2.75, 3.05) is 13.2 Å². The fourth-order valence-electron chi connectivity index (χ4n) is 4.05. The van der Waals surface area contributed by atoms with Crippen molar-refractivity contribution in [2.24, 2.45) is 0 Å². The second kappa shape index (κ2) is 33.4. The number of rotatable bonds is 27. The molecule has 0 radical (unpaired) electrons. The molecule has 6 nitrogen and oxygen atoms in total. The van der Waals surface area contributed by atoms with Gasteiger partial charge < -0.3 is 14.6 Å². The average molecular weight is 543 g/mol. The normalized spacial score (nSPS) is 10.5. The zero-order valence-corrected chi connectivity index (χ0v) is 25.4. The Labute approximate surface area is 235 Å². The van der Waals surface area contributed by atoms with Crippen LogP contribution in [0.3, 0.4) is 0 Å². The number of unbranched alkanes of at least 4 members (excludes halogenated alkanes) is 17. The maximum atomic E-state index is 11.7. The lowest BCUT2D eigenvalue weighted by molar-refractivity contribution is -0.144. The summed E-state index contributed by atoms with van der Waals surface area (Å²) in [4.78, 5) is 33.3. The van der Waals surface area contributed by atoms with Gasteiger partial charge in [0.25, 0.3) is 0 Å². The third-order valence-corrected chi connectivity index (χ3v) is 6.53. The molecular formula is C32H62O6. The molecule has 0 spiro atoms. The van der Waals surface area contributed by atoms with Gasteiger partial charge in [-0.1, -0.05) is 124 Å². The second-order valence-electron chi connectivity index (χ2n) is 10.4. The Morgan fingerprint density at radius 1 is 0.421 bits per heavy atom. The molecule has 6 heteroatoms. The van der Waals surface area contributed by atoms with Gasteiger partial charge in [0.15, 0.2) is 0 Å². The van der Waals surface area contributed by atoms with Crippen LogP contribution in [0.2, 0.25) is 0 Å². The van der Waals surface area contributed by atoms with Crippen molar-refractivity contribution in [3.8, 4) is 0 Å². The van der Waals surface area contributed by atoms with E-state index >= 15 is 0 Å². The van der Waals surface area contributed by atoms with Crippen LogP contribution in [0.1, 0.15) is 175 Å². The summed E-state index contributed by atoms with van der Waals surface area (Å²) in [5.74, 6) is -0.771. The summed E-state index contributed by atoms with van der Waals surface area (Å²) in [6.45, 7) is 7.66. The Bertz CT molecular complexity index is 484. The van der Waals surface area contributed by atoms with Gasteiger partial charge in [0.1, 0.15) is 0 Å². The van der Waals surface area contributed by atoms with Crippen LogP contribution in [0, 0.1) is 0 Å². The van der Waals surface area contributed by atoms with E-state index in [9.17, 15) is 14.4 Å². The van der Waals surface area contributed by atoms with E-state index in [0.29, 0.717) is 32.5 Å². The zero-order valence-electron chi connectivity index (χ0n) is 25.4. The van der Waals surface area contributed by atoms with E-state index in [1.54, 1.807) is 0 Å². The number of carbonyl (C=O) groups excluding carboxylic acids is 2. The van der Waals surface area contributed by atoms with E-state index < -0.39 is 5.97 Å². The van der Waals surface area contributed by atoms with Crippen LogP contribution in [0.25, 0.3) is 0 Å². The monoisotopic (exact) mass is 542 g/mol. The summed E-state index contributed by atoms with van der Waals surface area (Å²) < 4.78 is 10.6. The van der Waals surface area contributed by atoms with Gasteiger partial charge in [0.05, 0.1) is 13.2 Å². The fourth-order valence-corrected chi connectivity index (χ4v) is 4.05. The molecule has 0 aliphatic heterocycles. The van der Waals surface area contributed by atoms with Crippen molar-refractivity contribution in [3.05, 3.63) is 0 Å². The molecule has 38 heavy (non-hydrogen) atoms. The van der Waals surface area contributed by atoms with Crippen molar-refractivity contribution in [3.63, 3.8) is 0 Å². The molecule has 0 aromatic heterocycles. The topological polar surface area (TPSA) is 89.9 Å². The molecule has 226 valence electrons. The molecule has 0 heterocycles. The quantitative estimate of drug-likeness (QED) is 0.0821. The molecule has 0 saturated heterocycles. The van der Waals surface area contributed by atoms with Crippen LogP contribution in [-0.4, -0.2) is 36.2 Å².